The third-order valence-corrected chi connectivity index (χ3v) is 4.89. The highest BCUT2D eigenvalue weighted by Crippen LogP contribution is 2.31. The lowest BCUT2D eigenvalue weighted by Gasteiger charge is -2.24. The zero-order valence-electron chi connectivity index (χ0n) is 17.6. The Bertz CT molecular complexity index is 1070. The Morgan fingerprint density at radius 1 is 1.12 bits per heavy atom. The lowest BCUT2D eigenvalue weighted by atomic mass is 10.0. The highest BCUT2D eigenvalue weighted by atomic mass is 32.1. The summed E-state index contributed by atoms with van der Waals surface area (Å²) >= 11 is 0.979. The quantitative estimate of drug-likeness (QED) is 0.525. The van der Waals surface area contributed by atoms with Crippen LogP contribution in [-0.4, -0.2) is 35.2 Å². The third kappa shape index (κ3) is 7.82. The van der Waals surface area contributed by atoms with Crippen LogP contribution in [0.4, 0.5) is 18.3 Å². The molecule has 2 aromatic carbocycles. The predicted octanol–water partition coefficient (Wildman–Crippen LogP) is 3.98. The lowest BCUT2D eigenvalue weighted by Crippen LogP contribution is -2.53. The van der Waals surface area contributed by atoms with E-state index < -0.39 is 23.7 Å². The van der Waals surface area contributed by atoms with Gasteiger partial charge in [0.25, 0.3) is 5.91 Å². The molecule has 32 heavy (non-hydrogen) atoms. The monoisotopic (exact) mass is 468 g/mol. The van der Waals surface area contributed by atoms with E-state index in [1.807, 2.05) is 18.2 Å². The van der Waals surface area contributed by atoms with Crippen LogP contribution >= 0.6 is 11.3 Å². The molecule has 0 aliphatic heterocycles. The van der Waals surface area contributed by atoms with Crippen molar-refractivity contribution in [2.24, 2.45) is 5.73 Å². The van der Waals surface area contributed by atoms with E-state index in [2.05, 4.69) is 39.4 Å². The first-order chi connectivity index (χ1) is 14.9. The van der Waals surface area contributed by atoms with E-state index in [0.717, 1.165) is 17.4 Å². The van der Waals surface area contributed by atoms with Crippen LogP contribution in [-0.2, 0) is 9.59 Å². The van der Waals surface area contributed by atoms with Crippen LogP contribution in [0.15, 0.2) is 48.5 Å². The Hall–Kier alpha value is -3.18. The molecule has 0 spiro atoms. The third-order valence-electron chi connectivity index (χ3n) is 3.96. The number of alkyl halides is 3. The van der Waals surface area contributed by atoms with E-state index >= 15 is 0 Å². The van der Waals surface area contributed by atoms with E-state index in [0.29, 0.717) is 10.2 Å². The molecule has 0 fully saturated rings. The molecule has 0 unspecified atom stereocenters. The molecule has 0 saturated carbocycles. The number of aromatic nitrogens is 1. The second kappa shape index (κ2) is 10.4. The van der Waals surface area contributed by atoms with Crippen LogP contribution in [0.3, 0.4) is 0 Å². The Morgan fingerprint density at radius 2 is 1.78 bits per heavy atom. The number of rotatable bonds is 5. The van der Waals surface area contributed by atoms with Crippen molar-refractivity contribution in [3.63, 3.8) is 0 Å². The lowest BCUT2D eigenvalue weighted by molar-refractivity contribution is -0.274. The molecule has 0 aliphatic carbocycles. The van der Waals surface area contributed by atoms with E-state index in [9.17, 15) is 22.8 Å². The minimum atomic E-state index is -4.79. The number of nitrogens with zero attached hydrogens (tertiary/aromatic N) is 1. The summed E-state index contributed by atoms with van der Waals surface area (Å²) in [6.07, 6.45) is -4.79. The van der Waals surface area contributed by atoms with Crippen LogP contribution in [0.2, 0.25) is 0 Å². The molecule has 0 aliphatic rings. The van der Waals surface area contributed by atoms with Crippen LogP contribution in [0.5, 0.6) is 5.75 Å². The normalized spacial score (nSPS) is 11.3. The van der Waals surface area contributed by atoms with Gasteiger partial charge in [0.1, 0.15) is 11.3 Å². The van der Waals surface area contributed by atoms with Crippen LogP contribution in [0, 0.1) is 6.92 Å². The summed E-state index contributed by atoms with van der Waals surface area (Å²) in [5.41, 5.74) is 5.68. The number of benzene rings is 2. The van der Waals surface area contributed by atoms with Gasteiger partial charge in [-0.3, -0.25) is 14.9 Å². The van der Waals surface area contributed by atoms with Crippen molar-refractivity contribution in [2.45, 2.75) is 32.7 Å². The van der Waals surface area contributed by atoms with E-state index in [1.54, 1.807) is 0 Å². The van der Waals surface area contributed by atoms with Crippen LogP contribution in [0.25, 0.3) is 10.2 Å². The maximum Gasteiger partial charge on any atom is 0.573 e. The van der Waals surface area contributed by atoms with Crippen LogP contribution < -0.4 is 21.1 Å². The van der Waals surface area contributed by atoms with Gasteiger partial charge >= 0.3 is 6.36 Å². The number of hydrogen-bond acceptors (Lipinski definition) is 6. The van der Waals surface area contributed by atoms with Gasteiger partial charge in [-0.25, -0.2) is 4.98 Å². The van der Waals surface area contributed by atoms with Gasteiger partial charge in [-0.05, 0) is 32.9 Å². The molecule has 1 aromatic heterocycles. The Morgan fingerprint density at radius 3 is 2.31 bits per heavy atom. The topological polar surface area (TPSA) is 106 Å². The molecular formula is C21H23F3N4O3S. The molecule has 0 radical (unpaired) electrons. The first kappa shape index (κ1) is 25.1. The van der Waals surface area contributed by atoms with E-state index in [-0.39, 0.29) is 17.4 Å². The highest BCUT2D eigenvalue weighted by molar-refractivity contribution is 7.22. The summed E-state index contributed by atoms with van der Waals surface area (Å²) in [5.74, 6) is -1.42. The molecular weight excluding hydrogens is 445 g/mol. The molecule has 4 N–H and O–H groups in total. The number of aryl methyl sites for hydroxylation is 1. The van der Waals surface area contributed by atoms with Crippen molar-refractivity contribution < 1.29 is 27.5 Å². The zero-order valence-corrected chi connectivity index (χ0v) is 18.4. The molecule has 3 aromatic rings. The molecule has 0 bridgehead atoms. The van der Waals surface area contributed by atoms with Gasteiger partial charge in [0, 0.05) is 6.07 Å². The van der Waals surface area contributed by atoms with E-state index in [4.69, 9.17) is 5.73 Å². The number of thiazole rings is 1. The Kier molecular flexibility index (Phi) is 8.17. The minimum absolute atomic E-state index is 0.180. The van der Waals surface area contributed by atoms with E-state index in [1.165, 1.54) is 31.5 Å². The summed E-state index contributed by atoms with van der Waals surface area (Å²) in [6, 6.07) is 13.9. The summed E-state index contributed by atoms with van der Waals surface area (Å²) in [5, 5.41) is 5.15. The number of halogens is 3. The zero-order chi connectivity index (χ0) is 23.9. The van der Waals surface area contributed by atoms with Crippen molar-refractivity contribution in [1.82, 2.24) is 10.3 Å². The number of nitrogens with one attached hydrogen (secondary N) is 2. The average Bonchev–Trinajstić information content (AvgIpc) is 3.09. The fourth-order valence-corrected chi connectivity index (χ4v) is 3.29. The van der Waals surface area contributed by atoms with Crippen molar-refractivity contribution >= 4 is 38.5 Å². The predicted molar refractivity (Wildman–Crippen MR) is 117 cm³/mol. The fraction of sp³-hybridized carbons (Fsp3) is 0.286. The van der Waals surface area contributed by atoms with Crippen molar-refractivity contribution in [3.05, 3.63) is 54.1 Å². The maximum absolute atomic E-state index is 12.2. The van der Waals surface area contributed by atoms with Gasteiger partial charge in [0.05, 0.1) is 16.8 Å². The van der Waals surface area contributed by atoms with Crippen molar-refractivity contribution in [1.29, 1.82) is 0 Å². The molecule has 1 heterocycles. The van der Waals surface area contributed by atoms with Gasteiger partial charge in [-0.2, -0.15) is 0 Å². The number of carbonyl (C=O) groups is 2. The highest BCUT2D eigenvalue weighted by Gasteiger charge is 2.32. The Balaban J connectivity index is 0.000000439. The first-order valence-electron chi connectivity index (χ1n) is 9.40. The number of carbonyl (C=O) groups excluding carboxylic acids is 2. The van der Waals surface area contributed by atoms with Crippen molar-refractivity contribution in [2.75, 3.05) is 11.9 Å². The molecule has 11 heteroatoms. The molecule has 0 atom stereocenters. The number of nitrogens with two attached hydrogens (primary N) is 1. The second-order valence-electron chi connectivity index (χ2n) is 7.18. The molecule has 0 saturated heterocycles. The molecule has 172 valence electrons. The average molecular weight is 469 g/mol. The minimum Gasteiger partial charge on any atom is -0.406 e. The summed E-state index contributed by atoms with van der Waals surface area (Å²) in [7, 11) is 0. The van der Waals surface area contributed by atoms with Gasteiger partial charge < -0.3 is 15.8 Å². The smallest absolute Gasteiger partial charge is 0.406 e. The van der Waals surface area contributed by atoms with Gasteiger partial charge in [0.2, 0.25) is 5.91 Å². The van der Waals surface area contributed by atoms with Crippen LogP contribution in [0.1, 0.15) is 19.4 Å². The van der Waals surface area contributed by atoms with Gasteiger partial charge in [0.15, 0.2) is 5.13 Å². The molecule has 3 rings (SSSR count). The van der Waals surface area contributed by atoms with Crippen molar-refractivity contribution in [3.8, 4) is 5.75 Å². The first-order valence-corrected chi connectivity index (χ1v) is 10.2. The number of amides is 2. The summed E-state index contributed by atoms with van der Waals surface area (Å²) in [4.78, 5) is 27.7. The maximum atomic E-state index is 12.2. The number of anilines is 1. The summed E-state index contributed by atoms with van der Waals surface area (Å²) in [6.45, 7) is 4.79. The number of ether oxygens (including phenoxy) is 1. The summed E-state index contributed by atoms with van der Waals surface area (Å²) < 4.78 is 41.0. The standard InChI is InChI=1S/C14H15F3N4O3S.C7H8/c1-13(2,21-10(22)6-18)11(23)20-12-19-8-4-3-7(5-9(8)25-12)24-14(15,16)17;1-7-5-3-2-4-6-7/h3-5H,6,18H2,1-2H3,(H,21,22)(H,19,20,23);2-6H,1H3. The largest absolute Gasteiger partial charge is 0.573 e. The molecule has 7 nitrogen and oxygen atoms in total. The van der Waals surface area contributed by atoms with Gasteiger partial charge in [-0.1, -0.05) is 47.2 Å². The SMILES string of the molecule is CC(C)(NC(=O)CN)C(=O)Nc1nc2ccc(OC(F)(F)F)cc2s1.Cc1ccccc1. The van der Waals surface area contributed by atoms with Gasteiger partial charge in [-0.15, -0.1) is 13.2 Å². The second-order valence-corrected chi connectivity index (χ2v) is 8.21. The number of fused-ring (bicyclic) bond motifs is 1. The Labute approximate surface area is 186 Å². The molecule has 2 amide bonds. The number of hydrogen-bond donors (Lipinski definition) is 3. The fourth-order valence-electron chi connectivity index (χ4n) is 2.40.